The highest BCUT2D eigenvalue weighted by molar-refractivity contribution is 5.81. The standard InChI is InChI=1S/C38H41N5O2/c1-4-41(5-2)25-12-28-45-32-23-19-30(20-24-32)38-40-34-14-7-9-16-36(34)43(38)27-11-10-26-42-35-15-8-6-13-33(35)39-37(42)29-17-21-31(44-3)22-18-29/h6-11,13-24H,4-5,12,25-28H2,1-3H3. The maximum absolute atomic E-state index is 6.05. The number of imidazole rings is 2. The van der Waals surface area contributed by atoms with E-state index in [2.05, 4.69) is 113 Å². The highest BCUT2D eigenvalue weighted by Gasteiger charge is 2.14. The first-order valence-corrected chi connectivity index (χ1v) is 15.8. The predicted molar refractivity (Wildman–Crippen MR) is 184 cm³/mol. The molecule has 4 aromatic carbocycles. The van der Waals surface area contributed by atoms with E-state index < -0.39 is 0 Å². The average Bonchev–Trinajstić information content (AvgIpc) is 3.65. The van der Waals surface area contributed by atoms with Crippen LogP contribution in [0.5, 0.6) is 11.5 Å². The molecule has 0 N–H and O–H groups in total. The molecule has 0 fully saturated rings. The largest absolute Gasteiger partial charge is 0.497 e. The Morgan fingerprint density at radius 1 is 0.644 bits per heavy atom. The van der Waals surface area contributed by atoms with Gasteiger partial charge in [-0.05, 0) is 92.3 Å². The summed E-state index contributed by atoms with van der Waals surface area (Å²) in [4.78, 5) is 12.4. The first kappa shape index (κ1) is 30.2. The van der Waals surface area contributed by atoms with Crippen molar-refractivity contribution >= 4 is 22.1 Å². The second-order valence-corrected chi connectivity index (χ2v) is 11.0. The Balaban J connectivity index is 1.20. The first-order chi connectivity index (χ1) is 22.2. The summed E-state index contributed by atoms with van der Waals surface area (Å²) in [6, 6.07) is 33.0. The van der Waals surface area contributed by atoms with E-state index in [1.165, 1.54) is 0 Å². The molecule has 7 heteroatoms. The summed E-state index contributed by atoms with van der Waals surface area (Å²) in [6.45, 7) is 9.72. The van der Waals surface area contributed by atoms with Crippen LogP contribution >= 0.6 is 0 Å². The molecule has 0 aliphatic heterocycles. The van der Waals surface area contributed by atoms with Gasteiger partial charge in [0.15, 0.2) is 0 Å². The van der Waals surface area contributed by atoms with Gasteiger partial charge in [0, 0.05) is 30.8 Å². The molecule has 2 aromatic heterocycles. The molecular formula is C38H41N5O2. The van der Waals surface area contributed by atoms with Crippen molar-refractivity contribution in [3.8, 4) is 34.3 Å². The fourth-order valence-electron chi connectivity index (χ4n) is 5.78. The third kappa shape index (κ3) is 6.79. The number of para-hydroxylation sites is 4. The number of benzene rings is 4. The Hall–Kier alpha value is -4.88. The van der Waals surface area contributed by atoms with Crippen molar-refractivity contribution in [1.29, 1.82) is 0 Å². The monoisotopic (exact) mass is 599 g/mol. The Labute approximate surface area is 265 Å². The molecule has 0 aliphatic carbocycles. The number of aromatic nitrogens is 4. The average molecular weight is 600 g/mol. The number of hydrogen-bond donors (Lipinski definition) is 0. The smallest absolute Gasteiger partial charge is 0.141 e. The van der Waals surface area contributed by atoms with Crippen LogP contribution in [-0.2, 0) is 13.1 Å². The second-order valence-electron chi connectivity index (χ2n) is 11.0. The van der Waals surface area contributed by atoms with Gasteiger partial charge in [-0.15, -0.1) is 0 Å². The van der Waals surface area contributed by atoms with Gasteiger partial charge in [-0.1, -0.05) is 50.3 Å². The Morgan fingerprint density at radius 3 is 1.62 bits per heavy atom. The second kappa shape index (κ2) is 14.3. The fraction of sp³-hybridized carbons (Fsp3) is 0.263. The molecule has 230 valence electrons. The summed E-state index contributed by atoms with van der Waals surface area (Å²) in [5.41, 5.74) is 6.31. The molecule has 45 heavy (non-hydrogen) atoms. The van der Waals surface area contributed by atoms with E-state index in [-0.39, 0.29) is 0 Å². The molecule has 0 spiro atoms. The molecule has 6 rings (SSSR count). The normalized spacial score (nSPS) is 11.7. The minimum Gasteiger partial charge on any atom is -0.497 e. The third-order valence-electron chi connectivity index (χ3n) is 8.29. The quantitative estimate of drug-likeness (QED) is 0.0936. The lowest BCUT2D eigenvalue weighted by Gasteiger charge is -2.17. The maximum atomic E-state index is 6.05. The summed E-state index contributed by atoms with van der Waals surface area (Å²) in [6.07, 6.45) is 5.45. The summed E-state index contributed by atoms with van der Waals surface area (Å²) >= 11 is 0. The Bertz CT molecular complexity index is 1870. The number of methoxy groups -OCH3 is 1. The van der Waals surface area contributed by atoms with Crippen LogP contribution in [0.15, 0.2) is 109 Å². The van der Waals surface area contributed by atoms with Crippen LogP contribution in [0.25, 0.3) is 44.8 Å². The minimum atomic E-state index is 0.698. The molecule has 0 radical (unpaired) electrons. The van der Waals surface area contributed by atoms with Crippen LogP contribution in [0.4, 0.5) is 0 Å². The van der Waals surface area contributed by atoms with Gasteiger partial charge < -0.3 is 23.5 Å². The van der Waals surface area contributed by atoms with E-state index in [1.54, 1.807) is 7.11 Å². The van der Waals surface area contributed by atoms with E-state index in [4.69, 9.17) is 19.4 Å². The molecule has 0 aliphatic rings. The topological polar surface area (TPSA) is 57.3 Å². The van der Waals surface area contributed by atoms with Crippen molar-refractivity contribution < 1.29 is 9.47 Å². The number of fused-ring (bicyclic) bond motifs is 2. The number of ether oxygens (including phenoxy) is 2. The Kier molecular flexibility index (Phi) is 9.56. The predicted octanol–water partition coefficient (Wildman–Crippen LogP) is 8.10. The van der Waals surface area contributed by atoms with Gasteiger partial charge in [-0.3, -0.25) is 0 Å². The van der Waals surface area contributed by atoms with Crippen molar-refractivity contribution in [2.45, 2.75) is 33.4 Å². The van der Waals surface area contributed by atoms with Gasteiger partial charge in [0.2, 0.25) is 0 Å². The van der Waals surface area contributed by atoms with Gasteiger partial charge in [0.05, 0.1) is 35.8 Å². The van der Waals surface area contributed by atoms with Crippen molar-refractivity contribution in [3.05, 3.63) is 109 Å². The lowest BCUT2D eigenvalue weighted by atomic mass is 10.2. The SMILES string of the molecule is CCN(CC)CCCOc1ccc(-c2nc3ccccc3n2CC=CCn2c(-c3ccc(OC)cc3)nc3ccccc32)cc1. The molecule has 0 saturated carbocycles. The van der Waals surface area contributed by atoms with E-state index in [1.807, 2.05) is 24.3 Å². The molecule has 0 atom stereocenters. The van der Waals surface area contributed by atoms with Crippen LogP contribution in [0.2, 0.25) is 0 Å². The highest BCUT2D eigenvalue weighted by Crippen LogP contribution is 2.28. The summed E-state index contributed by atoms with van der Waals surface area (Å²) < 4.78 is 16.0. The van der Waals surface area contributed by atoms with Crippen molar-refractivity contribution in [2.75, 3.05) is 33.4 Å². The lowest BCUT2D eigenvalue weighted by Crippen LogP contribution is -2.25. The first-order valence-electron chi connectivity index (χ1n) is 15.8. The molecule has 0 amide bonds. The van der Waals surface area contributed by atoms with E-state index in [9.17, 15) is 0 Å². The number of hydrogen-bond acceptors (Lipinski definition) is 5. The number of nitrogens with zero attached hydrogens (tertiary/aromatic N) is 5. The molecular weight excluding hydrogens is 558 g/mol. The van der Waals surface area contributed by atoms with Gasteiger partial charge in [0.1, 0.15) is 23.1 Å². The molecule has 0 bridgehead atoms. The van der Waals surface area contributed by atoms with Crippen molar-refractivity contribution in [3.63, 3.8) is 0 Å². The van der Waals surface area contributed by atoms with Gasteiger partial charge in [0.25, 0.3) is 0 Å². The molecule has 7 nitrogen and oxygen atoms in total. The van der Waals surface area contributed by atoms with Gasteiger partial charge in [-0.2, -0.15) is 0 Å². The van der Waals surface area contributed by atoms with Crippen LogP contribution < -0.4 is 9.47 Å². The van der Waals surface area contributed by atoms with E-state index >= 15 is 0 Å². The number of rotatable bonds is 14. The molecule has 0 unspecified atom stereocenters. The van der Waals surface area contributed by atoms with Crippen molar-refractivity contribution in [1.82, 2.24) is 24.0 Å². The lowest BCUT2D eigenvalue weighted by molar-refractivity contribution is 0.249. The molecule has 2 heterocycles. The molecule has 0 saturated heterocycles. The fourth-order valence-corrected chi connectivity index (χ4v) is 5.78. The summed E-state index contributed by atoms with van der Waals surface area (Å²) in [5.74, 6) is 3.60. The zero-order valence-electron chi connectivity index (χ0n) is 26.4. The van der Waals surface area contributed by atoms with Crippen LogP contribution in [0.3, 0.4) is 0 Å². The van der Waals surface area contributed by atoms with E-state index in [0.717, 1.165) is 82.4 Å². The van der Waals surface area contributed by atoms with Crippen LogP contribution in [0.1, 0.15) is 20.3 Å². The zero-order valence-corrected chi connectivity index (χ0v) is 26.4. The van der Waals surface area contributed by atoms with Gasteiger partial charge in [-0.25, -0.2) is 9.97 Å². The zero-order chi connectivity index (χ0) is 31.0. The van der Waals surface area contributed by atoms with Crippen LogP contribution in [0, 0.1) is 0 Å². The molecule has 6 aromatic rings. The maximum Gasteiger partial charge on any atom is 0.141 e. The highest BCUT2D eigenvalue weighted by atomic mass is 16.5. The van der Waals surface area contributed by atoms with Gasteiger partial charge >= 0.3 is 0 Å². The summed E-state index contributed by atoms with van der Waals surface area (Å²) in [7, 11) is 1.68. The van der Waals surface area contributed by atoms with Crippen LogP contribution in [-0.4, -0.2) is 57.4 Å². The van der Waals surface area contributed by atoms with Crippen molar-refractivity contribution in [2.24, 2.45) is 0 Å². The number of allylic oxidation sites excluding steroid dienone is 2. The summed E-state index contributed by atoms with van der Waals surface area (Å²) in [5, 5.41) is 0. The minimum absolute atomic E-state index is 0.698. The Morgan fingerprint density at radius 2 is 1.13 bits per heavy atom. The van der Waals surface area contributed by atoms with E-state index in [0.29, 0.717) is 19.7 Å². The third-order valence-corrected chi connectivity index (χ3v) is 8.29.